The normalized spacial score (nSPS) is 30.9. The van der Waals surface area contributed by atoms with E-state index < -0.39 is 17.4 Å². The fourth-order valence-electron chi connectivity index (χ4n) is 4.71. The third-order valence-corrected chi connectivity index (χ3v) is 5.88. The highest BCUT2D eigenvalue weighted by molar-refractivity contribution is 6.08. The summed E-state index contributed by atoms with van der Waals surface area (Å²) in [5.41, 5.74) is 0.136. The SMILES string of the molecule is CCCOC(=O)[C@@H]1[C@@H]2C=C[C@@]3(CN(c4cccc5ccccc45)C(=O)[C@H]13)O2. The first kappa shape index (κ1) is 16.5. The number of hydrogen-bond acceptors (Lipinski definition) is 4. The Balaban J connectivity index is 1.53. The molecule has 2 aromatic rings. The zero-order chi connectivity index (χ0) is 18.6. The topological polar surface area (TPSA) is 55.8 Å². The van der Waals surface area contributed by atoms with Gasteiger partial charge in [0.25, 0.3) is 0 Å². The molecule has 0 unspecified atom stereocenters. The summed E-state index contributed by atoms with van der Waals surface area (Å²) in [6.45, 7) is 2.75. The van der Waals surface area contributed by atoms with E-state index in [0.29, 0.717) is 13.2 Å². The molecule has 0 radical (unpaired) electrons. The molecule has 3 aliphatic rings. The molecule has 4 atom stereocenters. The van der Waals surface area contributed by atoms with Gasteiger partial charge in [0.2, 0.25) is 5.91 Å². The van der Waals surface area contributed by atoms with Crippen LogP contribution in [0.5, 0.6) is 0 Å². The summed E-state index contributed by atoms with van der Waals surface area (Å²) in [6, 6.07) is 14.0. The van der Waals surface area contributed by atoms with Crippen molar-refractivity contribution in [2.24, 2.45) is 11.8 Å². The van der Waals surface area contributed by atoms with E-state index in [-0.39, 0.29) is 18.0 Å². The number of carbonyl (C=O) groups is 2. The van der Waals surface area contributed by atoms with Gasteiger partial charge in [-0.1, -0.05) is 55.5 Å². The molecule has 2 fully saturated rings. The molecule has 1 amide bonds. The van der Waals surface area contributed by atoms with Crippen molar-refractivity contribution in [1.29, 1.82) is 0 Å². The van der Waals surface area contributed by atoms with E-state index in [0.717, 1.165) is 22.9 Å². The van der Waals surface area contributed by atoms with Gasteiger partial charge < -0.3 is 14.4 Å². The number of anilines is 1. The number of esters is 1. The Labute approximate surface area is 157 Å². The molecule has 1 spiro atoms. The summed E-state index contributed by atoms with van der Waals surface area (Å²) < 4.78 is 11.5. The molecule has 2 aromatic carbocycles. The number of carbonyl (C=O) groups excluding carboxylic acids is 2. The van der Waals surface area contributed by atoms with Crippen LogP contribution < -0.4 is 4.90 Å². The zero-order valence-corrected chi connectivity index (χ0v) is 15.1. The third kappa shape index (κ3) is 2.28. The Hall–Kier alpha value is -2.66. The summed E-state index contributed by atoms with van der Waals surface area (Å²) in [7, 11) is 0. The fourth-order valence-corrected chi connectivity index (χ4v) is 4.71. The number of nitrogens with zero attached hydrogens (tertiary/aromatic N) is 1. The highest BCUT2D eigenvalue weighted by Gasteiger charge is 2.67. The van der Waals surface area contributed by atoms with Crippen molar-refractivity contribution in [1.82, 2.24) is 0 Å². The van der Waals surface area contributed by atoms with Crippen molar-refractivity contribution in [2.75, 3.05) is 18.1 Å². The molecule has 5 rings (SSSR count). The molecule has 27 heavy (non-hydrogen) atoms. The monoisotopic (exact) mass is 363 g/mol. The van der Waals surface area contributed by atoms with Gasteiger partial charge in [0.15, 0.2) is 0 Å². The minimum Gasteiger partial charge on any atom is -0.465 e. The number of hydrogen-bond donors (Lipinski definition) is 0. The summed E-state index contributed by atoms with van der Waals surface area (Å²) in [6.07, 6.45) is 4.27. The highest BCUT2D eigenvalue weighted by Crippen LogP contribution is 2.53. The zero-order valence-electron chi connectivity index (χ0n) is 15.1. The maximum absolute atomic E-state index is 13.4. The first-order chi connectivity index (χ1) is 13.1. The molecule has 0 saturated carbocycles. The van der Waals surface area contributed by atoms with Crippen LogP contribution in [0.15, 0.2) is 54.6 Å². The Morgan fingerprint density at radius 1 is 1.26 bits per heavy atom. The molecule has 3 aliphatic heterocycles. The van der Waals surface area contributed by atoms with Crippen LogP contribution in [0.4, 0.5) is 5.69 Å². The van der Waals surface area contributed by atoms with Gasteiger partial charge in [-0.25, -0.2) is 0 Å². The molecule has 2 bridgehead atoms. The van der Waals surface area contributed by atoms with Gasteiger partial charge in [0, 0.05) is 5.39 Å². The number of benzene rings is 2. The minimum absolute atomic E-state index is 0.0587. The van der Waals surface area contributed by atoms with Crippen molar-refractivity contribution in [3.8, 4) is 0 Å². The fraction of sp³-hybridized carbons (Fsp3) is 0.364. The molecular formula is C22H21NO4. The smallest absolute Gasteiger partial charge is 0.312 e. The van der Waals surface area contributed by atoms with Crippen LogP contribution in [-0.2, 0) is 19.1 Å². The van der Waals surface area contributed by atoms with Crippen molar-refractivity contribution in [3.05, 3.63) is 54.6 Å². The van der Waals surface area contributed by atoms with Crippen molar-refractivity contribution >= 4 is 28.3 Å². The minimum atomic E-state index is -0.728. The lowest BCUT2D eigenvalue weighted by atomic mass is 9.77. The van der Waals surface area contributed by atoms with Crippen LogP contribution in [0.3, 0.4) is 0 Å². The van der Waals surface area contributed by atoms with Crippen LogP contribution in [0.25, 0.3) is 10.8 Å². The number of rotatable bonds is 4. The average Bonchev–Trinajstić information content (AvgIpc) is 3.34. The average molecular weight is 363 g/mol. The molecule has 0 aromatic heterocycles. The Kier molecular flexibility index (Phi) is 3.62. The Morgan fingerprint density at radius 3 is 2.93 bits per heavy atom. The van der Waals surface area contributed by atoms with Crippen molar-refractivity contribution in [3.63, 3.8) is 0 Å². The van der Waals surface area contributed by atoms with E-state index >= 15 is 0 Å². The van der Waals surface area contributed by atoms with E-state index in [2.05, 4.69) is 0 Å². The van der Waals surface area contributed by atoms with Crippen LogP contribution >= 0.6 is 0 Å². The number of ether oxygens (including phenoxy) is 2. The second-order valence-corrected chi connectivity index (χ2v) is 7.49. The van der Waals surface area contributed by atoms with E-state index in [1.165, 1.54) is 0 Å². The van der Waals surface area contributed by atoms with Gasteiger partial charge in [-0.3, -0.25) is 9.59 Å². The molecule has 0 N–H and O–H groups in total. The molecular weight excluding hydrogens is 342 g/mol. The summed E-state index contributed by atoms with van der Waals surface area (Å²) in [4.78, 5) is 27.8. The number of fused-ring (bicyclic) bond motifs is 2. The van der Waals surface area contributed by atoms with Gasteiger partial charge in [-0.2, -0.15) is 0 Å². The largest absolute Gasteiger partial charge is 0.465 e. The molecule has 2 saturated heterocycles. The van der Waals surface area contributed by atoms with Crippen LogP contribution in [0.2, 0.25) is 0 Å². The quantitative estimate of drug-likeness (QED) is 0.619. The molecule has 3 heterocycles. The van der Waals surface area contributed by atoms with E-state index in [1.54, 1.807) is 4.90 Å². The summed E-state index contributed by atoms with van der Waals surface area (Å²) in [5, 5.41) is 2.10. The van der Waals surface area contributed by atoms with Gasteiger partial charge >= 0.3 is 5.97 Å². The van der Waals surface area contributed by atoms with Crippen LogP contribution in [-0.4, -0.2) is 36.7 Å². The van der Waals surface area contributed by atoms with Crippen LogP contribution in [0, 0.1) is 11.8 Å². The third-order valence-electron chi connectivity index (χ3n) is 5.88. The predicted octanol–water partition coefficient (Wildman–Crippen LogP) is 3.08. The first-order valence-electron chi connectivity index (χ1n) is 9.47. The Morgan fingerprint density at radius 2 is 2.07 bits per heavy atom. The standard InChI is InChI=1S/C22H21NO4/c1-2-12-26-21(25)18-17-10-11-22(27-17)13-23(20(24)19(18)22)16-9-5-7-14-6-3-4-8-15(14)16/h3-11,17-19H,2,12-13H2,1H3/t17-,18+,19-,22-/m0/s1. The summed E-state index contributed by atoms with van der Waals surface area (Å²) >= 11 is 0. The lowest BCUT2D eigenvalue weighted by molar-refractivity contribution is -0.152. The first-order valence-corrected chi connectivity index (χ1v) is 9.47. The van der Waals surface area contributed by atoms with E-state index in [4.69, 9.17) is 9.47 Å². The van der Waals surface area contributed by atoms with Crippen molar-refractivity contribution in [2.45, 2.75) is 25.0 Å². The predicted molar refractivity (Wildman–Crippen MR) is 101 cm³/mol. The molecule has 138 valence electrons. The maximum atomic E-state index is 13.4. The van der Waals surface area contributed by atoms with E-state index in [1.807, 2.05) is 61.5 Å². The molecule has 5 heteroatoms. The van der Waals surface area contributed by atoms with E-state index in [9.17, 15) is 9.59 Å². The molecule has 5 nitrogen and oxygen atoms in total. The lowest BCUT2D eigenvalue weighted by Gasteiger charge is -2.22. The number of amides is 1. The highest BCUT2D eigenvalue weighted by atomic mass is 16.6. The Bertz CT molecular complexity index is 962. The maximum Gasteiger partial charge on any atom is 0.312 e. The lowest BCUT2D eigenvalue weighted by Crippen LogP contribution is -2.40. The van der Waals surface area contributed by atoms with Gasteiger partial charge in [0.05, 0.1) is 30.9 Å². The second-order valence-electron chi connectivity index (χ2n) is 7.49. The van der Waals surface area contributed by atoms with Crippen molar-refractivity contribution < 1.29 is 19.1 Å². The van der Waals surface area contributed by atoms with Gasteiger partial charge in [-0.15, -0.1) is 0 Å². The van der Waals surface area contributed by atoms with Crippen LogP contribution in [0.1, 0.15) is 13.3 Å². The van der Waals surface area contributed by atoms with Gasteiger partial charge in [-0.05, 0) is 17.9 Å². The second kappa shape index (κ2) is 5.92. The molecule has 0 aliphatic carbocycles. The van der Waals surface area contributed by atoms with Gasteiger partial charge in [0.1, 0.15) is 11.5 Å². The summed E-state index contributed by atoms with van der Waals surface area (Å²) in [5.74, 6) is -1.47.